The average Bonchev–Trinajstić information content (AvgIpc) is 3.10. The first-order valence-electron chi connectivity index (χ1n) is 7.23. The lowest BCUT2D eigenvalue weighted by molar-refractivity contribution is -0.135. The van der Waals surface area contributed by atoms with Crippen LogP contribution in [0.2, 0.25) is 0 Å². The second-order valence-corrected chi connectivity index (χ2v) is 6.25. The van der Waals surface area contributed by atoms with Crippen molar-refractivity contribution in [2.75, 3.05) is 26.3 Å². The molecule has 0 spiro atoms. The number of hydrogen-bond acceptors (Lipinski definition) is 4. The van der Waals surface area contributed by atoms with Gasteiger partial charge in [0.15, 0.2) is 0 Å². The van der Waals surface area contributed by atoms with E-state index in [2.05, 4.69) is 17.5 Å². The molecule has 0 radical (unpaired) electrons. The van der Waals surface area contributed by atoms with E-state index in [9.17, 15) is 9.90 Å². The first-order chi connectivity index (χ1) is 10.2. The van der Waals surface area contributed by atoms with Crippen LogP contribution in [0.1, 0.15) is 12.0 Å². The third-order valence-corrected chi connectivity index (χ3v) is 4.83. The smallest absolute Gasteiger partial charge is 0.248 e. The van der Waals surface area contributed by atoms with Crippen LogP contribution >= 0.6 is 11.3 Å². The lowest BCUT2D eigenvalue weighted by atomic mass is 10.1. The van der Waals surface area contributed by atoms with E-state index in [1.165, 1.54) is 15.6 Å². The Morgan fingerprint density at radius 2 is 2.29 bits per heavy atom. The number of aliphatic hydroxyl groups excluding tert-OH is 1. The van der Waals surface area contributed by atoms with Crippen LogP contribution < -0.4 is 0 Å². The molecule has 1 aliphatic rings. The summed E-state index contributed by atoms with van der Waals surface area (Å²) in [5.74, 6) is -0.0262. The van der Waals surface area contributed by atoms with Gasteiger partial charge < -0.3 is 14.7 Å². The van der Waals surface area contributed by atoms with Gasteiger partial charge in [-0.2, -0.15) is 0 Å². The van der Waals surface area contributed by atoms with Crippen LogP contribution in [0.4, 0.5) is 0 Å². The van der Waals surface area contributed by atoms with Crippen molar-refractivity contribution in [3.05, 3.63) is 35.2 Å². The van der Waals surface area contributed by atoms with E-state index in [0.717, 1.165) is 6.42 Å². The summed E-state index contributed by atoms with van der Waals surface area (Å²) < 4.78 is 6.78. The molecule has 1 saturated heterocycles. The lowest BCUT2D eigenvalue weighted by Crippen LogP contribution is -2.32. The van der Waals surface area contributed by atoms with Crippen molar-refractivity contribution in [3.8, 4) is 0 Å². The van der Waals surface area contributed by atoms with Crippen LogP contribution in [0, 0.1) is 0 Å². The molecule has 0 aliphatic carbocycles. The van der Waals surface area contributed by atoms with Gasteiger partial charge in [-0.3, -0.25) is 4.79 Å². The van der Waals surface area contributed by atoms with Gasteiger partial charge in [0.05, 0.1) is 12.7 Å². The molecule has 2 aromatic rings. The quantitative estimate of drug-likeness (QED) is 0.860. The largest absolute Gasteiger partial charge is 0.391 e. The molecule has 0 saturated carbocycles. The Morgan fingerprint density at radius 1 is 1.43 bits per heavy atom. The van der Waals surface area contributed by atoms with Gasteiger partial charge in [0.1, 0.15) is 6.61 Å². The number of hydrogen-bond donors (Lipinski definition) is 1. The second-order valence-electron chi connectivity index (χ2n) is 5.34. The van der Waals surface area contributed by atoms with Crippen LogP contribution in [0.15, 0.2) is 29.6 Å². The number of fused-ring (bicyclic) bond motifs is 1. The number of thiophene rings is 1. The molecule has 1 fully saturated rings. The second kappa shape index (κ2) is 6.56. The first-order valence-corrected chi connectivity index (χ1v) is 8.10. The van der Waals surface area contributed by atoms with Gasteiger partial charge in [0, 0.05) is 17.8 Å². The zero-order valence-electron chi connectivity index (χ0n) is 11.8. The Hall–Kier alpha value is -1.43. The topological polar surface area (TPSA) is 49.8 Å². The van der Waals surface area contributed by atoms with Crippen molar-refractivity contribution in [1.82, 2.24) is 4.90 Å². The molecular formula is C16H19NO3S. The summed E-state index contributed by atoms with van der Waals surface area (Å²) in [6, 6.07) is 8.33. The third-order valence-electron chi connectivity index (χ3n) is 3.82. The maximum absolute atomic E-state index is 11.9. The number of carbonyl (C=O) groups is 1. The third kappa shape index (κ3) is 3.43. The molecule has 1 N–H and O–H groups in total. The van der Waals surface area contributed by atoms with Crippen molar-refractivity contribution in [1.29, 1.82) is 0 Å². The van der Waals surface area contributed by atoms with Gasteiger partial charge in [-0.15, -0.1) is 11.3 Å². The molecule has 3 rings (SSSR count). The van der Waals surface area contributed by atoms with Crippen LogP contribution in [0.5, 0.6) is 0 Å². The molecule has 0 unspecified atom stereocenters. The molecule has 1 aliphatic heterocycles. The Morgan fingerprint density at radius 3 is 3.10 bits per heavy atom. The van der Waals surface area contributed by atoms with Gasteiger partial charge in [-0.25, -0.2) is 0 Å². The number of carbonyl (C=O) groups excluding carboxylic acids is 1. The molecule has 2 heterocycles. The number of β-amino-alcohol motifs (C(OH)–C–C–N with tert-alkyl or cyclic N) is 1. The maximum atomic E-state index is 11.9. The minimum Gasteiger partial charge on any atom is -0.391 e. The van der Waals surface area contributed by atoms with E-state index in [1.54, 1.807) is 16.2 Å². The summed E-state index contributed by atoms with van der Waals surface area (Å²) in [7, 11) is 0. The highest BCUT2D eigenvalue weighted by Crippen LogP contribution is 2.25. The fourth-order valence-electron chi connectivity index (χ4n) is 2.63. The number of ether oxygens (including phenoxy) is 1. The van der Waals surface area contributed by atoms with Gasteiger partial charge in [-0.1, -0.05) is 18.2 Å². The number of aliphatic hydroxyl groups is 1. The van der Waals surface area contributed by atoms with Crippen molar-refractivity contribution in [2.24, 2.45) is 0 Å². The Balaban J connectivity index is 1.45. The number of rotatable bonds is 5. The summed E-state index contributed by atoms with van der Waals surface area (Å²) in [6.45, 7) is 1.73. The van der Waals surface area contributed by atoms with Crippen LogP contribution in [0.25, 0.3) is 10.1 Å². The number of benzene rings is 1. The van der Waals surface area contributed by atoms with E-state index in [-0.39, 0.29) is 18.6 Å². The fraction of sp³-hybridized carbons (Fsp3) is 0.438. The predicted octanol–water partition coefficient (Wildman–Crippen LogP) is 2.05. The van der Waals surface area contributed by atoms with Crippen molar-refractivity contribution in [3.63, 3.8) is 0 Å². The fourth-order valence-corrected chi connectivity index (χ4v) is 3.62. The van der Waals surface area contributed by atoms with E-state index in [1.807, 2.05) is 12.1 Å². The van der Waals surface area contributed by atoms with E-state index in [4.69, 9.17) is 4.74 Å². The Bertz CT molecular complexity index is 625. The van der Waals surface area contributed by atoms with Crippen LogP contribution in [0.3, 0.4) is 0 Å². The molecule has 1 aromatic carbocycles. The standard InChI is InChI=1S/C16H19NO3S/c18-13-5-7-17(9-13)16(19)10-20-8-6-12-11-21-15-4-2-1-3-14(12)15/h1-4,11,13,18H,5-10H2/t13-/m1/s1. The first kappa shape index (κ1) is 14.5. The van der Waals surface area contributed by atoms with Gasteiger partial charge in [0.25, 0.3) is 0 Å². The van der Waals surface area contributed by atoms with Crippen molar-refractivity contribution < 1.29 is 14.6 Å². The number of nitrogens with zero attached hydrogens (tertiary/aromatic N) is 1. The molecule has 1 amide bonds. The normalized spacial score (nSPS) is 18.5. The predicted molar refractivity (Wildman–Crippen MR) is 83.6 cm³/mol. The molecule has 5 heteroatoms. The highest BCUT2D eigenvalue weighted by atomic mass is 32.1. The van der Waals surface area contributed by atoms with Gasteiger partial charge in [0.2, 0.25) is 5.91 Å². The summed E-state index contributed by atoms with van der Waals surface area (Å²) >= 11 is 1.74. The summed E-state index contributed by atoms with van der Waals surface area (Å²) in [5.41, 5.74) is 1.28. The maximum Gasteiger partial charge on any atom is 0.248 e. The van der Waals surface area contributed by atoms with Crippen molar-refractivity contribution in [2.45, 2.75) is 18.9 Å². The van der Waals surface area contributed by atoms with Crippen LogP contribution in [-0.4, -0.2) is 48.3 Å². The van der Waals surface area contributed by atoms with E-state index in [0.29, 0.717) is 26.1 Å². The Kier molecular flexibility index (Phi) is 4.53. The van der Waals surface area contributed by atoms with Gasteiger partial charge in [-0.05, 0) is 35.2 Å². The zero-order valence-corrected chi connectivity index (χ0v) is 12.6. The Labute approximate surface area is 127 Å². The monoisotopic (exact) mass is 305 g/mol. The van der Waals surface area contributed by atoms with Crippen molar-refractivity contribution >= 4 is 27.3 Å². The van der Waals surface area contributed by atoms with E-state index >= 15 is 0 Å². The highest BCUT2D eigenvalue weighted by molar-refractivity contribution is 7.17. The number of amides is 1. The SMILES string of the molecule is O=C(COCCc1csc2ccccc12)N1CC[C@@H](O)C1. The van der Waals surface area contributed by atoms with Crippen LogP contribution in [-0.2, 0) is 16.0 Å². The van der Waals surface area contributed by atoms with E-state index < -0.39 is 0 Å². The molecule has 1 aromatic heterocycles. The molecule has 1 atom stereocenters. The zero-order chi connectivity index (χ0) is 14.7. The minimum absolute atomic E-state index is 0.0262. The minimum atomic E-state index is -0.369. The summed E-state index contributed by atoms with van der Waals surface area (Å²) in [6.07, 6.45) is 1.12. The highest BCUT2D eigenvalue weighted by Gasteiger charge is 2.24. The summed E-state index contributed by atoms with van der Waals surface area (Å²) in [4.78, 5) is 13.5. The molecular weight excluding hydrogens is 286 g/mol. The van der Waals surface area contributed by atoms with Gasteiger partial charge >= 0.3 is 0 Å². The molecule has 0 bridgehead atoms. The average molecular weight is 305 g/mol. The lowest BCUT2D eigenvalue weighted by Gasteiger charge is -2.15. The summed E-state index contributed by atoms with van der Waals surface area (Å²) in [5, 5.41) is 12.8. The molecule has 112 valence electrons. The molecule has 4 nitrogen and oxygen atoms in total. The molecule has 21 heavy (non-hydrogen) atoms. The number of likely N-dealkylation sites (tertiary alicyclic amines) is 1.